The van der Waals surface area contributed by atoms with Gasteiger partial charge in [0.25, 0.3) is 0 Å². The van der Waals surface area contributed by atoms with Gasteiger partial charge in [0.2, 0.25) is 6.20 Å². The molecule has 0 amide bonds. The van der Waals surface area contributed by atoms with Crippen LogP contribution in [0.2, 0.25) is 0 Å². The lowest BCUT2D eigenvalue weighted by molar-refractivity contribution is -0.771. The van der Waals surface area contributed by atoms with Crippen molar-refractivity contribution in [3.8, 4) is 0 Å². The van der Waals surface area contributed by atoms with E-state index in [1.54, 1.807) is 0 Å². The Bertz CT molecular complexity index is 456. The van der Waals surface area contributed by atoms with E-state index >= 15 is 0 Å². The average molecular weight is 187 g/mol. The molecular weight excluding hydrogens is 172 g/mol. The van der Waals surface area contributed by atoms with E-state index in [4.69, 9.17) is 0 Å². The minimum atomic E-state index is 1.17. The number of benzene rings is 1. The summed E-state index contributed by atoms with van der Waals surface area (Å²) in [6, 6.07) is 8.66. The van der Waals surface area contributed by atoms with Gasteiger partial charge < -0.3 is 0 Å². The molecule has 2 heteroatoms. The van der Waals surface area contributed by atoms with Crippen molar-refractivity contribution < 1.29 is 4.68 Å². The summed E-state index contributed by atoms with van der Waals surface area (Å²) in [5, 5.41) is 1.37. The summed E-state index contributed by atoms with van der Waals surface area (Å²) in [5.74, 6) is 0. The van der Waals surface area contributed by atoms with Crippen molar-refractivity contribution in [3.63, 3.8) is 0 Å². The summed E-state index contributed by atoms with van der Waals surface area (Å²) >= 11 is 0. The predicted octanol–water partition coefficient (Wildman–Crippen LogP) is 2.11. The fraction of sp³-hybridized carbons (Fsp3) is 0.417. The van der Waals surface area contributed by atoms with Crippen molar-refractivity contribution >= 4 is 10.9 Å². The van der Waals surface area contributed by atoms with E-state index in [0.29, 0.717) is 0 Å². The maximum absolute atomic E-state index is 2.42. The minimum Gasteiger partial charge on any atom is -0.153 e. The van der Waals surface area contributed by atoms with Gasteiger partial charge in [-0.25, -0.2) is 0 Å². The Morgan fingerprint density at radius 1 is 1.07 bits per heavy atom. The molecule has 0 saturated heterocycles. The van der Waals surface area contributed by atoms with Gasteiger partial charge in [0, 0.05) is 6.42 Å². The van der Waals surface area contributed by atoms with Crippen LogP contribution in [0, 0.1) is 0 Å². The monoisotopic (exact) mass is 187 g/mol. The molecule has 2 nitrogen and oxygen atoms in total. The number of hydrogen-bond acceptors (Lipinski definition) is 0. The van der Waals surface area contributed by atoms with Crippen molar-refractivity contribution in [2.24, 2.45) is 0 Å². The minimum absolute atomic E-state index is 1.17. The highest BCUT2D eigenvalue weighted by Gasteiger charge is 2.16. The number of hydrogen-bond donors (Lipinski definition) is 0. The van der Waals surface area contributed by atoms with Gasteiger partial charge in [-0.05, 0) is 25.0 Å². The zero-order chi connectivity index (χ0) is 9.38. The lowest BCUT2D eigenvalue weighted by atomic mass is 10.2. The summed E-state index contributed by atoms with van der Waals surface area (Å²) < 4.78 is 4.79. The van der Waals surface area contributed by atoms with E-state index in [2.05, 4.69) is 39.8 Å². The third kappa shape index (κ3) is 1.14. The first kappa shape index (κ1) is 8.04. The quantitative estimate of drug-likeness (QED) is 0.559. The second kappa shape index (κ2) is 3.12. The van der Waals surface area contributed by atoms with Crippen molar-refractivity contribution in [1.82, 2.24) is 4.68 Å². The van der Waals surface area contributed by atoms with Crippen molar-refractivity contribution in [1.29, 1.82) is 0 Å². The number of aromatic nitrogens is 2. The standard InChI is InChI=1S/C12H15N2/c1-4-8-13-10-11-6-2-3-7-12(11)14(13)9-5-1/h2-3,6-7,10H,1,4-5,8-9H2/q+1. The normalized spacial score (nSPS) is 16.6. The van der Waals surface area contributed by atoms with Gasteiger partial charge in [-0.15, -0.1) is 4.68 Å². The van der Waals surface area contributed by atoms with E-state index in [-0.39, 0.29) is 0 Å². The fourth-order valence-corrected chi connectivity index (χ4v) is 2.35. The second-order valence-electron chi connectivity index (χ2n) is 4.03. The Labute approximate surface area is 83.7 Å². The molecule has 0 aliphatic carbocycles. The van der Waals surface area contributed by atoms with E-state index in [1.807, 2.05) is 0 Å². The van der Waals surface area contributed by atoms with Gasteiger partial charge in [-0.1, -0.05) is 12.1 Å². The number of para-hydroxylation sites is 1. The van der Waals surface area contributed by atoms with Crippen molar-refractivity contribution in [2.45, 2.75) is 32.4 Å². The summed E-state index contributed by atoms with van der Waals surface area (Å²) in [6.45, 7) is 2.35. The van der Waals surface area contributed by atoms with Crippen LogP contribution in [0.25, 0.3) is 10.9 Å². The molecule has 1 aliphatic rings. The molecule has 72 valence electrons. The lowest BCUT2D eigenvalue weighted by Crippen LogP contribution is -2.41. The van der Waals surface area contributed by atoms with Crippen LogP contribution in [0.1, 0.15) is 19.3 Å². The highest BCUT2D eigenvalue weighted by Crippen LogP contribution is 2.14. The third-order valence-corrected chi connectivity index (χ3v) is 3.07. The van der Waals surface area contributed by atoms with Gasteiger partial charge in [0.1, 0.15) is 5.52 Å². The van der Waals surface area contributed by atoms with E-state index in [1.165, 1.54) is 43.3 Å². The number of fused-ring (bicyclic) bond motifs is 3. The van der Waals surface area contributed by atoms with Gasteiger partial charge in [-0.2, -0.15) is 4.68 Å². The molecule has 0 radical (unpaired) electrons. The topological polar surface area (TPSA) is 8.81 Å². The van der Waals surface area contributed by atoms with Gasteiger partial charge in [-0.3, -0.25) is 0 Å². The molecule has 0 saturated carbocycles. The Morgan fingerprint density at radius 2 is 2.00 bits per heavy atom. The maximum atomic E-state index is 2.42. The molecule has 0 spiro atoms. The van der Waals surface area contributed by atoms with Crippen molar-refractivity contribution in [2.75, 3.05) is 0 Å². The molecule has 2 aromatic rings. The summed E-state index contributed by atoms with van der Waals surface area (Å²) in [6.07, 6.45) is 6.28. The van der Waals surface area contributed by atoms with E-state index < -0.39 is 0 Å². The average Bonchev–Trinajstić information content (AvgIpc) is 2.42. The summed E-state index contributed by atoms with van der Waals surface area (Å²) in [7, 11) is 0. The zero-order valence-corrected chi connectivity index (χ0v) is 8.32. The molecule has 0 N–H and O–H groups in total. The first-order valence-electron chi connectivity index (χ1n) is 5.43. The van der Waals surface area contributed by atoms with Gasteiger partial charge >= 0.3 is 0 Å². The van der Waals surface area contributed by atoms with Gasteiger partial charge in [0.15, 0.2) is 6.54 Å². The lowest BCUT2D eigenvalue weighted by Gasteiger charge is -1.97. The van der Waals surface area contributed by atoms with E-state index in [9.17, 15) is 0 Å². The maximum Gasteiger partial charge on any atom is 0.203 e. The highest BCUT2D eigenvalue weighted by atomic mass is 15.4. The molecule has 0 atom stereocenters. The van der Waals surface area contributed by atoms with Crippen LogP contribution in [0.4, 0.5) is 0 Å². The zero-order valence-electron chi connectivity index (χ0n) is 8.32. The Balaban J connectivity index is 2.24. The summed E-state index contributed by atoms with van der Waals surface area (Å²) in [4.78, 5) is 0. The third-order valence-electron chi connectivity index (χ3n) is 3.07. The second-order valence-corrected chi connectivity index (χ2v) is 4.03. The fourth-order valence-electron chi connectivity index (χ4n) is 2.35. The Hall–Kier alpha value is -1.31. The molecule has 2 heterocycles. The molecule has 0 bridgehead atoms. The highest BCUT2D eigenvalue weighted by molar-refractivity contribution is 5.77. The molecule has 3 rings (SSSR count). The van der Waals surface area contributed by atoms with E-state index in [0.717, 1.165) is 0 Å². The summed E-state index contributed by atoms with van der Waals surface area (Å²) in [5.41, 5.74) is 1.38. The SMILES string of the molecule is c1ccc2c(c1)c[n+]1n2CCCCC1. The molecule has 14 heavy (non-hydrogen) atoms. The molecular formula is C12H15N2+. The smallest absolute Gasteiger partial charge is 0.153 e. The van der Waals surface area contributed by atoms with Gasteiger partial charge in [0.05, 0.1) is 11.9 Å². The molecule has 1 aromatic heterocycles. The van der Waals surface area contributed by atoms with Crippen LogP contribution < -0.4 is 4.68 Å². The van der Waals surface area contributed by atoms with Crippen LogP contribution in [0.5, 0.6) is 0 Å². The van der Waals surface area contributed by atoms with Crippen LogP contribution >= 0.6 is 0 Å². The largest absolute Gasteiger partial charge is 0.203 e. The number of rotatable bonds is 0. The number of nitrogens with zero attached hydrogens (tertiary/aromatic N) is 2. The van der Waals surface area contributed by atoms with Crippen molar-refractivity contribution in [3.05, 3.63) is 30.5 Å². The molecule has 1 aliphatic heterocycles. The molecule has 0 fully saturated rings. The van der Waals surface area contributed by atoms with Crippen LogP contribution in [0.15, 0.2) is 30.5 Å². The first-order chi connectivity index (χ1) is 6.95. The number of aryl methyl sites for hydroxylation is 2. The first-order valence-corrected chi connectivity index (χ1v) is 5.43. The molecule has 0 unspecified atom stereocenters. The Morgan fingerprint density at radius 3 is 3.00 bits per heavy atom. The van der Waals surface area contributed by atoms with Crippen LogP contribution in [0.3, 0.4) is 0 Å². The Kier molecular flexibility index (Phi) is 1.79. The molecule has 1 aromatic carbocycles. The van der Waals surface area contributed by atoms with Crippen LogP contribution in [-0.4, -0.2) is 4.68 Å². The predicted molar refractivity (Wildman–Crippen MR) is 56.0 cm³/mol. The van der Waals surface area contributed by atoms with Crippen LogP contribution in [-0.2, 0) is 13.1 Å².